The quantitative estimate of drug-likeness (QED) is 0.685. The number of aryl methyl sites for hydroxylation is 1. The predicted octanol–water partition coefficient (Wildman–Crippen LogP) is 3.08. The lowest BCUT2D eigenvalue weighted by Gasteiger charge is -2.38. The van der Waals surface area contributed by atoms with E-state index in [9.17, 15) is 9.59 Å². The van der Waals surface area contributed by atoms with Crippen LogP contribution in [0, 0.1) is 5.41 Å². The highest BCUT2D eigenvalue weighted by molar-refractivity contribution is 6.01. The van der Waals surface area contributed by atoms with E-state index in [2.05, 4.69) is 10.2 Å². The van der Waals surface area contributed by atoms with Crippen LogP contribution in [0.5, 0.6) is 5.75 Å². The first kappa shape index (κ1) is 20.4. The molecule has 0 radical (unpaired) electrons. The van der Waals surface area contributed by atoms with Crippen LogP contribution in [0.15, 0.2) is 48.9 Å². The molecule has 0 atom stereocenters. The number of ether oxygens (including phenoxy) is 1. The maximum Gasteiger partial charge on any atom is 0.270 e. The molecule has 2 saturated heterocycles. The van der Waals surface area contributed by atoms with Gasteiger partial charge in [0.05, 0.1) is 18.7 Å². The number of aromatic nitrogens is 3. The maximum absolute atomic E-state index is 13.5. The van der Waals surface area contributed by atoms with E-state index >= 15 is 0 Å². The zero-order valence-electron chi connectivity index (χ0n) is 18.4. The summed E-state index contributed by atoms with van der Waals surface area (Å²) in [5.74, 6) is 0.899. The van der Waals surface area contributed by atoms with Gasteiger partial charge in [-0.1, -0.05) is 0 Å². The molecule has 2 amide bonds. The van der Waals surface area contributed by atoms with Crippen LogP contribution in [0.1, 0.15) is 29.8 Å². The molecule has 2 aliphatic heterocycles. The van der Waals surface area contributed by atoms with Crippen molar-refractivity contribution in [1.29, 1.82) is 0 Å². The lowest BCUT2D eigenvalue weighted by Crippen LogP contribution is -2.47. The van der Waals surface area contributed by atoms with Crippen LogP contribution >= 0.6 is 0 Å². The number of H-pyrrole nitrogens is 1. The summed E-state index contributed by atoms with van der Waals surface area (Å²) in [6.07, 6.45) is 7.65. The summed E-state index contributed by atoms with van der Waals surface area (Å²) in [5.41, 5.74) is 3.01. The molecule has 1 N–H and O–H groups in total. The maximum atomic E-state index is 13.5. The van der Waals surface area contributed by atoms with Crippen molar-refractivity contribution in [3.8, 4) is 16.9 Å². The van der Waals surface area contributed by atoms with Gasteiger partial charge in [0.15, 0.2) is 0 Å². The molecule has 0 bridgehead atoms. The largest absolute Gasteiger partial charge is 0.496 e. The number of likely N-dealkylation sites (tertiary alicyclic amines) is 1. The van der Waals surface area contributed by atoms with Gasteiger partial charge in [-0.05, 0) is 43.5 Å². The van der Waals surface area contributed by atoms with Gasteiger partial charge < -0.3 is 19.1 Å². The molecule has 3 aromatic rings. The lowest BCUT2D eigenvalue weighted by molar-refractivity contribution is -0.127. The van der Waals surface area contributed by atoms with E-state index in [1.165, 1.54) is 0 Å². The number of anilines is 1. The lowest BCUT2D eigenvalue weighted by atomic mass is 9.77. The first-order chi connectivity index (χ1) is 15.5. The van der Waals surface area contributed by atoms with Crippen LogP contribution in [-0.4, -0.2) is 58.2 Å². The summed E-state index contributed by atoms with van der Waals surface area (Å²) >= 11 is 0. The molecule has 2 fully saturated rings. The summed E-state index contributed by atoms with van der Waals surface area (Å²) in [5, 5.41) is 6.83. The number of piperidine rings is 1. The Bertz CT molecular complexity index is 1140. The zero-order valence-corrected chi connectivity index (χ0v) is 18.4. The summed E-state index contributed by atoms with van der Waals surface area (Å²) < 4.78 is 7.44. The molecule has 1 spiro atoms. The number of carbonyl (C=O) groups is 2. The second-order valence-electron chi connectivity index (χ2n) is 8.66. The molecule has 4 heterocycles. The first-order valence-corrected chi connectivity index (χ1v) is 10.9. The third-order valence-electron chi connectivity index (χ3n) is 6.99. The molecular weight excluding hydrogens is 406 g/mol. The molecule has 2 aromatic heterocycles. The monoisotopic (exact) mass is 433 g/mol. The Morgan fingerprint density at radius 2 is 1.94 bits per heavy atom. The fraction of sp³-hybridized carbons (Fsp3) is 0.375. The van der Waals surface area contributed by atoms with Crippen molar-refractivity contribution < 1.29 is 14.3 Å². The summed E-state index contributed by atoms with van der Waals surface area (Å²) in [6, 6.07) is 9.58. The third kappa shape index (κ3) is 3.26. The molecule has 0 aliphatic carbocycles. The molecule has 166 valence electrons. The van der Waals surface area contributed by atoms with Crippen LogP contribution < -0.4 is 9.64 Å². The standard InChI is InChI=1S/C24H27N5O3/c1-27-10-3-4-20(27)22(30)28-11-7-24(8-12-28)9-13-29(23(24)31)18-5-6-19(21(14-18)32-2)17-15-25-26-16-17/h3-6,10,14-16H,7-9,11-13H2,1-2H3,(H,25,26). The van der Waals surface area contributed by atoms with E-state index < -0.39 is 0 Å². The van der Waals surface area contributed by atoms with Gasteiger partial charge in [-0.3, -0.25) is 14.7 Å². The van der Waals surface area contributed by atoms with Crippen LogP contribution in [0.4, 0.5) is 5.69 Å². The van der Waals surface area contributed by atoms with Crippen LogP contribution in [0.3, 0.4) is 0 Å². The average molecular weight is 434 g/mol. The number of hydrogen-bond donors (Lipinski definition) is 1. The number of nitrogens with one attached hydrogen (secondary N) is 1. The zero-order chi connectivity index (χ0) is 22.3. The molecule has 0 saturated carbocycles. The normalized spacial score (nSPS) is 17.9. The number of rotatable bonds is 4. The Morgan fingerprint density at radius 1 is 1.16 bits per heavy atom. The van der Waals surface area contributed by atoms with Crippen molar-refractivity contribution in [3.05, 3.63) is 54.6 Å². The Kier molecular flexibility index (Phi) is 5.00. The van der Waals surface area contributed by atoms with Crippen LogP contribution in [0.2, 0.25) is 0 Å². The highest BCUT2D eigenvalue weighted by atomic mass is 16.5. The van der Waals surface area contributed by atoms with E-state index in [1.807, 2.05) is 64.1 Å². The number of benzene rings is 1. The number of hydrogen-bond acceptors (Lipinski definition) is 4. The smallest absolute Gasteiger partial charge is 0.270 e. The summed E-state index contributed by atoms with van der Waals surface area (Å²) in [6.45, 7) is 1.89. The first-order valence-electron chi connectivity index (χ1n) is 10.9. The minimum Gasteiger partial charge on any atom is -0.496 e. The minimum absolute atomic E-state index is 0.0363. The number of aromatic amines is 1. The van der Waals surface area contributed by atoms with Gasteiger partial charge in [-0.2, -0.15) is 5.10 Å². The third-order valence-corrected chi connectivity index (χ3v) is 6.99. The van der Waals surface area contributed by atoms with Crippen molar-refractivity contribution in [2.75, 3.05) is 31.6 Å². The minimum atomic E-state index is -0.387. The van der Waals surface area contributed by atoms with Crippen molar-refractivity contribution in [1.82, 2.24) is 19.7 Å². The second kappa shape index (κ2) is 7.85. The number of nitrogens with zero attached hydrogens (tertiary/aromatic N) is 4. The van der Waals surface area contributed by atoms with Crippen molar-refractivity contribution in [2.24, 2.45) is 12.5 Å². The highest BCUT2D eigenvalue weighted by Gasteiger charge is 2.49. The molecular formula is C24H27N5O3. The average Bonchev–Trinajstić information content (AvgIpc) is 3.56. The van der Waals surface area contributed by atoms with Gasteiger partial charge in [-0.15, -0.1) is 0 Å². The molecule has 1 aromatic carbocycles. The molecule has 0 unspecified atom stereocenters. The van der Waals surface area contributed by atoms with Gasteiger partial charge in [0.1, 0.15) is 11.4 Å². The molecule has 8 nitrogen and oxygen atoms in total. The topological polar surface area (TPSA) is 83.5 Å². The van der Waals surface area contributed by atoms with E-state index in [-0.39, 0.29) is 17.2 Å². The number of amides is 2. The van der Waals surface area contributed by atoms with E-state index in [1.54, 1.807) is 13.3 Å². The van der Waals surface area contributed by atoms with E-state index in [0.29, 0.717) is 43.9 Å². The summed E-state index contributed by atoms with van der Waals surface area (Å²) in [7, 11) is 3.51. The van der Waals surface area contributed by atoms with Gasteiger partial charge in [-0.25, -0.2) is 0 Å². The molecule has 2 aliphatic rings. The predicted molar refractivity (Wildman–Crippen MR) is 121 cm³/mol. The van der Waals surface area contributed by atoms with Crippen molar-refractivity contribution in [3.63, 3.8) is 0 Å². The summed E-state index contributed by atoms with van der Waals surface area (Å²) in [4.78, 5) is 30.1. The van der Waals surface area contributed by atoms with E-state index in [0.717, 1.165) is 23.2 Å². The second-order valence-corrected chi connectivity index (χ2v) is 8.66. The van der Waals surface area contributed by atoms with Crippen LogP contribution in [0.25, 0.3) is 11.1 Å². The molecule has 8 heteroatoms. The SMILES string of the molecule is COc1cc(N2CCC3(CCN(C(=O)c4cccn4C)CC3)C2=O)ccc1-c1cn[nH]c1. The van der Waals surface area contributed by atoms with Crippen molar-refractivity contribution in [2.45, 2.75) is 19.3 Å². The van der Waals surface area contributed by atoms with Crippen LogP contribution in [-0.2, 0) is 11.8 Å². The van der Waals surface area contributed by atoms with Gasteiger partial charge in [0, 0.05) is 62.0 Å². The fourth-order valence-electron chi connectivity index (χ4n) is 5.00. The Hall–Kier alpha value is -3.55. The van der Waals surface area contributed by atoms with Gasteiger partial charge in [0.2, 0.25) is 5.91 Å². The Morgan fingerprint density at radius 3 is 2.59 bits per heavy atom. The Balaban J connectivity index is 1.31. The van der Waals surface area contributed by atoms with Gasteiger partial charge in [0.25, 0.3) is 5.91 Å². The number of methoxy groups -OCH3 is 1. The van der Waals surface area contributed by atoms with E-state index in [4.69, 9.17) is 4.74 Å². The van der Waals surface area contributed by atoms with Gasteiger partial charge >= 0.3 is 0 Å². The van der Waals surface area contributed by atoms with Crippen molar-refractivity contribution >= 4 is 17.5 Å². The molecule has 32 heavy (non-hydrogen) atoms. The number of carbonyl (C=O) groups excluding carboxylic acids is 2. The Labute approximate surface area is 186 Å². The highest BCUT2D eigenvalue weighted by Crippen LogP contribution is 2.44. The fourth-order valence-corrected chi connectivity index (χ4v) is 5.00. The molecule has 5 rings (SSSR count).